The monoisotopic (exact) mass is 314 g/mol. The van der Waals surface area contributed by atoms with Gasteiger partial charge in [-0.2, -0.15) is 0 Å². The average molecular weight is 314 g/mol. The fourth-order valence-electron chi connectivity index (χ4n) is 1.78. The summed E-state index contributed by atoms with van der Waals surface area (Å²) >= 11 is 0. The third-order valence-corrected chi connectivity index (χ3v) is 4.35. The quantitative estimate of drug-likeness (QED) is 0.602. The fraction of sp³-hybridized carbons (Fsp3) is 0.385. The van der Waals surface area contributed by atoms with Crippen molar-refractivity contribution in [1.82, 2.24) is 4.72 Å². The normalized spacial score (nSPS) is 11.3. The number of nitrogens with one attached hydrogen (secondary N) is 1. The van der Waals surface area contributed by atoms with Crippen molar-refractivity contribution in [2.45, 2.75) is 31.1 Å². The van der Waals surface area contributed by atoms with E-state index in [9.17, 15) is 18.0 Å². The molecule has 0 aromatic heterocycles. The van der Waals surface area contributed by atoms with Gasteiger partial charge in [-0.3, -0.25) is 4.79 Å². The van der Waals surface area contributed by atoms with Crippen LogP contribution in [-0.2, 0) is 21.2 Å². The van der Waals surface area contributed by atoms with Crippen molar-refractivity contribution in [2.75, 3.05) is 6.54 Å². The van der Waals surface area contributed by atoms with Crippen LogP contribution in [0.25, 0.3) is 0 Å². The van der Waals surface area contributed by atoms with Gasteiger partial charge in [-0.15, -0.1) is 0 Å². The van der Waals surface area contributed by atoms with E-state index in [1.165, 1.54) is 12.1 Å². The lowest BCUT2D eigenvalue weighted by Gasteiger charge is -2.09. The molecule has 0 bridgehead atoms. The predicted octanol–water partition coefficient (Wildman–Crippen LogP) is 0.491. The summed E-state index contributed by atoms with van der Waals surface area (Å²) in [6.45, 7) is 1.85. The molecule has 0 heterocycles. The van der Waals surface area contributed by atoms with Gasteiger partial charge in [-0.05, 0) is 30.5 Å². The summed E-state index contributed by atoms with van der Waals surface area (Å²) in [5, 5.41) is 9.10. The van der Waals surface area contributed by atoms with Crippen LogP contribution in [-0.4, -0.2) is 31.9 Å². The molecule has 4 N–H and O–H groups in total. The second-order valence-electron chi connectivity index (χ2n) is 4.45. The van der Waals surface area contributed by atoms with Gasteiger partial charge in [0.15, 0.2) is 0 Å². The van der Waals surface area contributed by atoms with Gasteiger partial charge < -0.3 is 10.8 Å². The van der Waals surface area contributed by atoms with E-state index in [0.29, 0.717) is 12.0 Å². The van der Waals surface area contributed by atoms with Crippen molar-refractivity contribution in [3.05, 3.63) is 29.3 Å². The smallest absolute Gasteiger partial charge is 0.336 e. The van der Waals surface area contributed by atoms with Gasteiger partial charge in [0.1, 0.15) is 0 Å². The number of benzene rings is 1. The zero-order valence-corrected chi connectivity index (χ0v) is 12.4. The number of aryl methyl sites for hydroxylation is 1. The predicted molar refractivity (Wildman–Crippen MR) is 76.4 cm³/mol. The Morgan fingerprint density at radius 1 is 1.33 bits per heavy atom. The first-order chi connectivity index (χ1) is 9.77. The van der Waals surface area contributed by atoms with Crippen LogP contribution in [0.4, 0.5) is 0 Å². The third-order valence-electron chi connectivity index (χ3n) is 2.89. The van der Waals surface area contributed by atoms with Crippen LogP contribution in [0.3, 0.4) is 0 Å². The zero-order chi connectivity index (χ0) is 16.0. The Hall–Kier alpha value is -1.93. The number of carbonyl (C=O) groups is 2. The van der Waals surface area contributed by atoms with E-state index in [2.05, 4.69) is 4.72 Å². The number of aromatic carboxylic acids is 1. The van der Waals surface area contributed by atoms with Gasteiger partial charge in [0.25, 0.3) is 0 Å². The topological polar surface area (TPSA) is 127 Å². The number of carbonyl (C=O) groups excluding carboxylic acids is 1. The van der Waals surface area contributed by atoms with Crippen molar-refractivity contribution in [3.8, 4) is 0 Å². The lowest BCUT2D eigenvalue weighted by molar-refractivity contribution is -0.118. The van der Waals surface area contributed by atoms with Crippen molar-refractivity contribution >= 4 is 21.9 Å². The number of hydrogen-bond acceptors (Lipinski definition) is 4. The number of nitrogens with two attached hydrogens (primary N) is 1. The first kappa shape index (κ1) is 17.1. The van der Waals surface area contributed by atoms with Crippen molar-refractivity contribution < 1.29 is 23.1 Å². The lowest BCUT2D eigenvalue weighted by atomic mass is 10.1. The largest absolute Gasteiger partial charge is 0.478 e. The molecule has 1 aromatic carbocycles. The Morgan fingerprint density at radius 2 is 2.00 bits per heavy atom. The maximum atomic E-state index is 12.0. The van der Waals surface area contributed by atoms with Crippen LogP contribution in [0, 0.1) is 0 Å². The van der Waals surface area contributed by atoms with E-state index in [1.807, 2.05) is 0 Å². The molecule has 1 rings (SSSR count). The molecule has 8 heteroatoms. The number of carboxylic acid groups (broad SMARTS) is 1. The second-order valence-corrected chi connectivity index (χ2v) is 6.21. The van der Waals surface area contributed by atoms with Gasteiger partial charge in [0.2, 0.25) is 15.9 Å². The van der Waals surface area contributed by atoms with E-state index in [-0.39, 0.29) is 29.8 Å². The summed E-state index contributed by atoms with van der Waals surface area (Å²) in [6, 6.07) is 3.99. The Kier molecular flexibility index (Phi) is 5.86. The molecule has 1 aromatic rings. The molecule has 0 spiro atoms. The molecule has 0 saturated carbocycles. The summed E-state index contributed by atoms with van der Waals surface area (Å²) in [4.78, 5) is 21.6. The molecule has 0 aliphatic heterocycles. The summed E-state index contributed by atoms with van der Waals surface area (Å²) in [6.07, 6.45) is 0.860. The molecule has 116 valence electrons. The SMILES string of the molecule is CCc1ccc(S(=O)(=O)NCCCC(N)=O)cc1C(=O)O. The minimum atomic E-state index is -3.80. The maximum absolute atomic E-state index is 12.0. The van der Waals surface area contributed by atoms with Gasteiger partial charge in [0.05, 0.1) is 10.5 Å². The Balaban J connectivity index is 2.90. The standard InChI is InChI=1S/C13H18N2O5S/c1-2-9-5-6-10(8-11(9)13(17)18)21(19,20)15-7-3-4-12(14)16/h5-6,8,15H,2-4,7H2,1H3,(H2,14,16)(H,17,18). The Labute approximate surface area is 123 Å². The highest BCUT2D eigenvalue weighted by Gasteiger charge is 2.18. The van der Waals surface area contributed by atoms with Gasteiger partial charge in [-0.25, -0.2) is 17.9 Å². The van der Waals surface area contributed by atoms with E-state index in [1.54, 1.807) is 6.92 Å². The van der Waals surface area contributed by atoms with Crippen LogP contribution in [0.5, 0.6) is 0 Å². The first-order valence-electron chi connectivity index (χ1n) is 6.42. The number of rotatable bonds is 8. The Bertz CT molecular complexity index is 640. The average Bonchev–Trinajstić information content (AvgIpc) is 2.42. The highest BCUT2D eigenvalue weighted by atomic mass is 32.2. The number of sulfonamides is 1. The van der Waals surface area contributed by atoms with Crippen LogP contribution in [0.2, 0.25) is 0 Å². The van der Waals surface area contributed by atoms with Crippen molar-refractivity contribution in [1.29, 1.82) is 0 Å². The minimum absolute atomic E-state index is 0.0301. The zero-order valence-electron chi connectivity index (χ0n) is 11.6. The molecule has 0 unspecified atom stereocenters. The molecule has 0 aliphatic rings. The summed E-state index contributed by atoms with van der Waals surface area (Å²) < 4.78 is 26.4. The number of primary amides is 1. The van der Waals surface area contributed by atoms with Gasteiger partial charge in [-0.1, -0.05) is 13.0 Å². The first-order valence-corrected chi connectivity index (χ1v) is 7.90. The summed E-state index contributed by atoms with van der Waals surface area (Å²) in [5.74, 6) is -1.67. The fourth-order valence-corrected chi connectivity index (χ4v) is 2.88. The lowest BCUT2D eigenvalue weighted by Crippen LogP contribution is -2.26. The number of hydrogen-bond donors (Lipinski definition) is 3. The number of carboxylic acids is 1. The van der Waals surface area contributed by atoms with Gasteiger partial charge >= 0.3 is 5.97 Å². The molecule has 0 saturated heterocycles. The molecule has 0 aliphatic carbocycles. The van der Waals surface area contributed by atoms with Gasteiger partial charge in [0, 0.05) is 13.0 Å². The van der Waals surface area contributed by atoms with E-state index >= 15 is 0 Å². The van der Waals surface area contributed by atoms with Crippen LogP contribution >= 0.6 is 0 Å². The van der Waals surface area contributed by atoms with Crippen LogP contribution < -0.4 is 10.5 Å². The van der Waals surface area contributed by atoms with E-state index in [0.717, 1.165) is 6.07 Å². The molecule has 0 atom stereocenters. The van der Waals surface area contributed by atoms with Crippen LogP contribution in [0.1, 0.15) is 35.7 Å². The molecule has 0 radical (unpaired) electrons. The third kappa shape index (κ3) is 4.83. The molecule has 0 fully saturated rings. The summed E-state index contributed by atoms with van der Waals surface area (Å²) in [7, 11) is -3.80. The summed E-state index contributed by atoms with van der Waals surface area (Å²) in [5.41, 5.74) is 5.49. The van der Waals surface area contributed by atoms with Crippen molar-refractivity contribution in [3.63, 3.8) is 0 Å². The van der Waals surface area contributed by atoms with E-state index < -0.39 is 21.9 Å². The molecular formula is C13H18N2O5S. The molecule has 1 amide bonds. The highest BCUT2D eigenvalue weighted by molar-refractivity contribution is 7.89. The molecule has 21 heavy (non-hydrogen) atoms. The molecule has 7 nitrogen and oxygen atoms in total. The molecular weight excluding hydrogens is 296 g/mol. The Morgan fingerprint density at radius 3 is 2.52 bits per heavy atom. The van der Waals surface area contributed by atoms with Crippen LogP contribution in [0.15, 0.2) is 23.1 Å². The van der Waals surface area contributed by atoms with E-state index in [4.69, 9.17) is 10.8 Å². The maximum Gasteiger partial charge on any atom is 0.336 e. The van der Waals surface area contributed by atoms with Crippen molar-refractivity contribution in [2.24, 2.45) is 5.73 Å². The second kappa shape index (κ2) is 7.19. The highest BCUT2D eigenvalue weighted by Crippen LogP contribution is 2.17. The minimum Gasteiger partial charge on any atom is -0.478 e. The number of amides is 1.